The zero-order chi connectivity index (χ0) is 26.0. The number of nitrogens with zero attached hydrogens (tertiary/aromatic N) is 2. The Morgan fingerprint density at radius 3 is 2.61 bits per heavy atom. The molecule has 0 saturated carbocycles. The summed E-state index contributed by atoms with van der Waals surface area (Å²) in [6, 6.07) is 15.0. The van der Waals surface area contributed by atoms with E-state index in [0.29, 0.717) is 24.4 Å². The van der Waals surface area contributed by atoms with Crippen LogP contribution in [0.3, 0.4) is 0 Å². The highest BCUT2D eigenvalue weighted by Crippen LogP contribution is 2.41. The molecule has 36 heavy (non-hydrogen) atoms. The maximum atomic E-state index is 12.4. The van der Waals surface area contributed by atoms with Gasteiger partial charge in [0.1, 0.15) is 11.6 Å². The van der Waals surface area contributed by atoms with Crippen LogP contribution in [0.2, 0.25) is 0 Å². The van der Waals surface area contributed by atoms with Crippen molar-refractivity contribution in [3.05, 3.63) is 77.0 Å². The minimum atomic E-state index is -2.56. The number of aryl methyl sites for hydroxylation is 1. The van der Waals surface area contributed by atoms with Gasteiger partial charge in [-0.15, -0.1) is 0 Å². The summed E-state index contributed by atoms with van der Waals surface area (Å²) in [6.45, 7) is 8.15. The van der Waals surface area contributed by atoms with E-state index in [2.05, 4.69) is 50.9 Å². The average molecular weight is 508 g/mol. The molecule has 0 radical (unpaired) electrons. The fourth-order valence-electron chi connectivity index (χ4n) is 4.72. The molecule has 1 N–H and O–H groups in total. The van der Waals surface area contributed by atoms with Gasteiger partial charge in [-0.3, -0.25) is 8.51 Å². The SMILES string of the molecule is Cc1cc(-c2ccc(N(C3CCCc4c(OCC(=O)O)cccc43)S(=O)[O-])nc2)cc(C(C)(C)C)c1. The van der Waals surface area contributed by atoms with Gasteiger partial charge in [0.15, 0.2) is 6.61 Å². The van der Waals surface area contributed by atoms with Crippen molar-refractivity contribution in [1.82, 2.24) is 4.98 Å². The van der Waals surface area contributed by atoms with E-state index >= 15 is 0 Å². The van der Waals surface area contributed by atoms with Crippen LogP contribution in [0.25, 0.3) is 11.1 Å². The standard InChI is InChI=1S/C28H32N2O5S/c1-18-13-20(15-21(14-18)28(2,3)4)19-11-12-26(29-16-19)30(36(33)34)24-9-5-8-23-22(24)7-6-10-25(23)35-17-27(31)32/h6-7,10-16,24H,5,8-9,17H2,1-4H3,(H,31,32)(H,33,34)/p-1. The topological polar surface area (TPSA) is 103 Å². The van der Waals surface area contributed by atoms with E-state index in [0.717, 1.165) is 34.2 Å². The first-order chi connectivity index (χ1) is 17.0. The molecule has 190 valence electrons. The zero-order valence-corrected chi connectivity index (χ0v) is 21.8. The molecule has 1 aliphatic rings. The van der Waals surface area contributed by atoms with Crippen LogP contribution in [0.1, 0.15) is 61.9 Å². The Kier molecular flexibility index (Phi) is 7.47. The largest absolute Gasteiger partial charge is 0.755 e. The number of pyridine rings is 1. The summed E-state index contributed by atoms with van der Waals surface area (Å²) in [5.74, 6) is -0.242. The number of carbonyl (C=O) groups is 1. The lowest BCUT2D eigenvalue weighted by Crippen LogP contribution is -2.33. The molecule has 0 fully saturated rings. The molecule has 7 nitrogen and oxygen atoms in total. The van der Waals surface area contributed by atoms with Gasteiger partial charge in [0.2, 0.25) is 0 Å². The molecule has 4 rings (SSSR count). The molecule has 2 aromatic carbocycles. The fourth-order valence-corrected chi connectivity index (χ4v) is 5.41. The Morgan fingerprint density at radius 2 is 1.97 bits per heavy atom. The van der Waals surface area contributed by atoms with Crippen molar-refractivity contribution < 1.29 is 23.4 Å². The van der Waals surface area contributed by atoms with E-state index in [1.54, 1.807) is 24.4 Å². The van der Waals surface area contributed by atoms with E-state index < -0.39 is 29.9 Å². The molecule has 2 atom stereocenters. The van der Waals surface area contributed by atoms with E-state index in [4.69, 9.17) is 9.84 Å². The number of rotatable bonds is 7. The van der Waals surface area contributed by atoms with E-state index in [-0.39, 0.29) is 5.41 Å². The van der Waals surface area contributed by atoms with Crippen molar-refractivity contribution >= 4 is 23.1 Å². The first-order valence-electron chi connectivity index (χ1n) is 12.0. The lowest BCUT2D eigenvalue weighted by atomic mass is 9.84. The maximum absolute atomic E-state index is 12.4. The molecular formula is C28H31N2O5S-. The second kappa shape index (κ2) is 10.4. The quantitative estimate of drug-likeness (QED) is 0.424. The van der Waals surface area contributed by atoms with Crippen LogP contribution in [0.4, 0.5) is 5.82 Å². The Labute approximate surface area is 214 Å². The lowest BCUT2D eigenvalue weighted by Gasteiger charge is -2.37. The first kappa shape index (κ1) is 25.9. The Hall–Kier alpha value is -3.23. The maximum Gasteiger partial charge on any atom is 0.341 e. The normalized spacial score (nSPS) is 16.2. The van der Waals surface area contributed by atoms with Crippen LogP contribution in [-0.2, 0) is 27.9 Å². The van der Waals surface area contributed by atoms with Crippen LogP contribution in [0.15, 0.2) is 54.7 Å². The van der Waals surface area contributed by atoms with Crippen molar-refractivity contribution in [2.24, 2.45) is 0 Å². The van der Waals surface area contributed by atoms with Crippen LogP contribution in [0, 0.1) is 6.92 Å². The number of aliphatic carboxylic acids is 1. The summed E-state index contributed by atoms with van der Waals surface area (Å²) in [6.07, 6.45) is 3.78. The van der Waals surface area contributed by atoms with Crippen LogP contribution >= 0.6 is 0 Å². The molecule has 0 spiro atoms. The number of carboxylic acids is 1. The van der Waals surface area contributed by atoms with E-state index in [1.165, 1.54) is 9.87 Å². The molecule has 2 unspecified atom stereocenters. The van der Waals surface area contributed by atoms with Crippen molar-refractivity contribution in [1.29, 1.82) is 0 Å². The Balaban J connectivity index is 1.67. The number of fused-ring (bicyclic) bond motifs is 1. The van der Waals surface area contributed by atoms with Gasteiger partial charge < -0.3 is 14.4 Å². The smallest absolute Gasteiger partial charge is 0.341 e. The number of benzene rings is 2. The second-order valence-corrected chi connectivity index (χ2v) is 11.0. The second-order valence-electron chi connectivity index (χ2n) is 10.2. The minimum absolute atomic E-state index is 0.00576. The number of anilines is 1. The van der Waals surface area contributed by atoms with Crippen molar-refractivity contribution in [2.45, 2.75) is 58.4 Å². The third-order valence-corrected chi connectivity index (χ3v) is 7.24. The monoisotopic (exact) mass is 507 g/mol. The molecule has 0 saturated heterocycles. The number of ether oxygens (including phenoxy) is 1. The summed E-state index contributed by atoms with van der Waals surface area (Å²) in [4.78, 5) is 15.5. The van der Waals surface area contributed by atoms with Gasteiger partial charge in [-0.25, -0.2) is 9.78 Å². The summed E-state index contributed by atoms with van der Waals surface area (Å²) in [7, 11) is 0. The van der Waals surface area contributed by atoms with Crippen LogP contribution < -0.4 is 9.04 Å². The molecule has 3 aromatic rings. The van der Waals surface area contributed by atoms with Crippen molar-refractivity contribution in [2.75, 3.05) is 10.9 Å². The highest BCUT2D eigenvalue weighted by Gasteiger charge is 2.30. The van der Waals surface area contributed by atoms with Gasteiger partial charge in [0.05, 0.1) is 6.04 Å². The first-order valence-corrected chi connectivity index (χ1v) is 13.0. The summed E-state index contributed by atoms with van der Waals surface area (Å²) >= 11 is -2.56. The Morgan fingerprint density at radius 1 is 1.19 bits per heavy atom. The van der Waals surface area contributed by atoms with Crippen LogP contribution in [-0.4, -0.2) is 31.4 Å². The van der Waals surface area contributed by atoms with Gasteiger partial charge in [0, 0.05) is 23.0 Å². The van der Waals surface area contributed by atoms with Gasteiger partial charge in [-0.2, -0.15) is 0 Å². The number of hydrogen-bond donors (Lipinski definition) is 1. The van der Waals surface area contributed by atoms with Gasteiger partial charge >= 0.3 is 5.97 Å². The summed E-state index contributed by atoms with van der Waals surface area (Å²) in [5, 5.41) is 8.99. The molecule has 0 amide bonds. The highest BCUT2D eigenvalue weighted by molar-refractivity contribution is 7.80. The molecule has 1 heterocycles. The molecule has 1 aromatic heterocycles. The van der Waals surface area contributed by atoms with Gasteiger partial charge in [-0.1, -0.05) is 56.7 Å². The predicted molar refractivity (Wildman–Crippen MR) is 140 cm³/mol. The highest BCUT2D eigenvalue weighted by atomic mass is 32.2. The molecular weight excluding hydrogens is 476 g/mol. The fraction of sp³-hybridized carbons (Fsp3) is 0.357. The van der Waals surface area contributed by atoms with E-state index in [9.17, 15) is 13.6 Å². The Bertz CT molecular complexity index is 1280. The number of hydrogen-bond acceptors (Lipinski definition) is 5. The third-order valence-electron chi connectivity index (χ3n) is 6.48. The minimum Gasteiger partial charge on any atom is -0.755 e. The summed E-state index contributed by atoms with van der Waals surface area (Å²) in [5.41, 5.74) is 6.00. The van der Waals surface area contributed by atoms with Gasteiger partial charge in [-0.05, 0) is 72.1 Å². The third kappa shape index (κ3) is 5.60. The molecule has 8 heteroatoms. The molecule has 0 bridgehead atoms. The molecule has 1 aliphatic carbocycles. The van der Waals surface area contributed by atoms with Crippen molar-refractivity contribution in [3.63, 3.8) is 0 Å². The average Bonchev–Trinajstić information content (AvgIpc) is 2.82. The van der Waals surface area contributed by atoms with Crippen LogP contribution in [0.5, 0.6) is 5.75 Å². The summed E-state index contributed by atoms with van der Waals surface area (Å²) < 4.78 is 31.7. The number of aromatic nitrogens is 1. The van der Waals surface area contributed by atoms with E-state index in [1.807, 2.05) is 12.1 Å². The number of carboxylic acid groups (broad SMARTS) is 1. The van der Waals surface area contributed by atoms with Crippen molar-refractivity contribution in [3.8, 4) is 16.9 Å². The lowest BCUT2D eigenvalue weighted by molar-refractivity contribution is -0.139. The zero-order valence-electron chi connectivity index (χ0n) is 21.0. The van der Waals surface area contributed by atoms with Gasteiger partial charge in [0.25, 0.3) is 0 Å². The predicted octanol–water partition coefficient (Wildman–Crippen LogP) is 5.50. The molecule has 0 aliphatic heterocycles.